The number of nitrogens with one attached hydrogen (secondary N) is 3. The van der Waals surface area contributed by atoms with Gasteiger partial charge in [0.2, 0.25) is 11.8 Å². The molecule has 0 aromatic heterocycles. The van der Waals surface area contributed by atoms with Crippen molar-refractivity contribution >= 4 is 17.9 Å². The largest absolute Gasteiger partial charge is 0.508 e. The highest BCUT2D eigenvalue weighted by Gasteiger charge is 2.28. The van der Waals surface area contributed by atoms with Gasteiger partial charge >= 0.3 is 6.09 Å². The van der Waals surface area contributed by atoms with E-state index in [1.807, 2.05) is 44.2 Å². The van der Waals surface area contributed by atoms with Crippen LogP contribution in [0.2, 0.25) is 0 Å². The lowest BCUT2D eigenvalue weighted by Gasteiger charge is -2.25. The summed E-state index contributed by atoms with van der Waals surface area (Å²) in [6.45, 7) is 11.0. The van der Waals surface area contributed by atoms with E-state index in [1.54, 1.807) is 39.8 Å². The third-order valence-electron chi connectivity index (χ3n) is 5.63. The molecule has 0 radical (unpaired) electrons. The first-order valence-electron chi connectivity index (χ1n) is 12.3. The second kappa shape index (κ2) is 13.0. The van der Waals surface area contributed by atoms with E-state index in [4.69, 9.17) is 4.74 Å². The van der Waals surface area contributed by atoms with Crippen molar-refractivity contribution in [3.05, 3.63) is 64.7 Å². The van der Waals surface area contributed by atoms with E-state index in [1.165, 1.54) is 5.56 Å². The molecule has 4 N–H and O–H groups in total. The Balaban J connectivity index is 2.02. The molecule has 36 heavy (non-hydrogen) atoms. The maximum Gasteiger partial charge on any atom is 0.408 e. The van der Waals surface area contributed by atoms with Crippen molar-refractivity contribution in [1.29, 1.82) is 0 Å². The highest BCUT2D eigenvalue weighted by molar-refractivity contribution is 5.91. The lowest BCUT2D eigenvalue weighted by atomic mass is 9.95. The second-order valence-corrected chi connectivity index (χ2v) is 10.1. The van der Waals surface area contributed by atoms with Crippen molar-refractivity contribution in [2.75, 3.05) is 6.54 Å². The minimum Gasteiger partial charge on any atom is -0.508 e. The van der Waals surface area contributed by atoms with Gasteiger partial charge < -0.3 is 25.8 Å². The molecule has 2 rings (SSSR count). The van der Waals surface area contributed by atoms with E-state index in [9.17, 15) is 19.5 Å². The summed E-state index contributed by atoms with van der Waals surface area (Å²) in [5.74, 6) is -0.670. The second-order valence-electron chi connectivity index (χ2n) is 10.1. The molecule has 0 saturated heterocycles. The zero-order valence-electron chi connectivity index (χ0n) is 22.1. The van der Waals surface area contributed by atoms with Crippen LogP contribution in [0.15, 0.2) is 42.5 Å². The smallest absolute Gasteiger partial charge is 0.408 e. The number of rotatable bonds is 10. The van der Waals surface area contributed by atoms with Crippen LogP contribution in [0.5, 0.6) is 5.75 Å². The minimum absolute atomic E-state index is 0.132. The minimum atomic E-state index is -0.977. The van der Waals surface area contributed by atoms with Gasteiger partial charge in [-0.2, -0.15) is 0 Å². The fourth-order valence-corrected chi connectivity index (χ4v) is 3.84. The quantitative estimate of drug-likeness (QED) is 0.374. The number of phenols is 1. The average molecular weight is 498 g/mol. The molecule has 2 aromatic carbocycles. The van der Waals surface area contributed by atoms with Crippen LogP contribution in [0.25, 0.3) is 0 Å². The fourth-order valence-electron chi connectivity index (χ4n) is 3.84. The van der Waals surface area contributed by atoms with E-state index >= 15 is 0 Å². The topological polar surface area (TPSA) is 117 Å². The first-order valence-corrected chi connectivity index (χ1v) is 12.3. The Morgan fingerprint density at radius 2 is 1.58 bits per heavy atom. The van der Waals surface area contributed by atoms with E-state index in [0.717, 1.165) is 29.5 Å². The molecule has 0 saturated carbocycles. The van der Waals surface area contributed by atoms with Gasteiger partial charge in [-0.25, -0.2) is 4.79 Å². The van der Waals surface area contributed by atoms with Crippen LogP contribution >= 0.6 is 0 Å². The highest BCUT2D eigenvalue weighted by Crippen LogP contribution is 2.22. The first-order chi connectivity index (χ1) is 16.9. The Labute approximate surface area is 213 Å². The van der Waals surface area contributed by atoms with Gasteiger partial charge in [-0.15, -0.1) is 0 Å². The van der Waals surface area contributed by atoms with Crippen molar-refractivity contribution in [3.63, 3.8) is 0 Å². The Kier molecular flexibility index (Phi) is 10.3. The average Bonchev–Trinajstić information content (AvgIpc) is 2.77. The number of alkyl carbamates (subject to hydrolysis) is 1. The molecule has 0 aliphatic rings. The monoisotopic (exact) mass is 497 g/mol. The molecular formula is C28H39N3O5. The van der Waals surface area contributed by atoms with Gasteiger partial charge in [0.15, 0.2) is 0 Å². The number of phenolic OH excluding ortho intramolecular Hbond substituents is 1. The molecule has 2 unspecified atom stereocenters. The molecule has 0 aliphatic carbocycles. The van der Waals surface area contributed by atoms with E-state index in [0.29, 0.717) is 6.54 Å². The number of hydrogen-bond donors (Lipinski definition) is 4. The number of ether oxygens (including phenoxy) is 1. The molecule has 0 heterocycles. The predicted molar refractivity (Wildman–Crippen MR) is 140 cm³/mol. The molecule has 0 aliphatic heterocycles. The predicted octanol–water partition coefficient (Wildman–Crippen LogP) is 3.70. The van der Waals surface area contributed by atoms with Crippen LogP contribution < -0.4 is 16.0 Å². The van der Waals surface area contributed by atoms with Crippen LogP contribution in [0.1, 0.15) is 56.4 Å². The summed E-state index contributed by atoms with van der Waals surface area (Å²) in [4.78, 5) is 38.2. The summed E-state index contributed by atoms with van der Waals surface area (Å²) in [5, 5.41) is 18.0. The lowest BCUT2D eigenvalue weighted by Crippen LogP contribution is -2.54. The number of benzene rings is 2. The van der Waals surface area contributed by atoms with Gasteiger partial charge in [0.1, 0.15) is 23.4 Å². The SMILES string of the molecule is Cc1cc(O)cc(C)c1CC(NC(=O)OC(C)(C)C)C(=O)NC(C)C(=O)NCCCc1ccccc1. The Morgan fingerprint density at radius 1 is 0.972 bits per heavy atom. The van der Waals surface area contributed by atoms with Crippen molar-refractivity contribution < 1.29 is 24.2 Å². The maximum absolute atomic E-state index is 13.2. The van der Waals surface area contributed by atoms with Crippen molar-refractivity contribution in [1.82, 2.24) is 16.0 Å². The Bertz CT molecular complexity index is 1020. The van der Waals surface area contributed by atoms with Crippen LogP contribution in [-0.2, 0) is 27.2 Å². The van der Waals surface area contributed by atoms with Crippen LogP contribution in [-0.4, -0.2) is 47.2 Å². The van der Waals surface area contributed by atoms with Gasteiger partial charge in [0.25, 0.3) is 0 Å². The Hall–Kier alpha value is -3.55. The summed E-state index contributed by atoms with van der Waals surface area (Å²) in [7, 11) is 0. The normalized spacial score (nSPS) is 12.8. The van der Waals surface area contributed by atoms with Gasteiger partial charge in [0.05, 0.1) is 0 Å². The summed E-state index contributed by atoms with van der Waals surface area (Å²) >= 11 is 0. The van der Waals surface area contributed by atoms with Gasteiger partial charge in [0, 0.05) is 13.0 Å². The van der Waals surface area contributed by atoms with Crippen molar-refractivity contribution in [2.45, 2.75) is 78.5 Å². The van der Waals surface area contributed by atoms with Crippen molar-refractivity contribution in [3.8, 4) is 5.75 Å². The van der Waals surface area contributed by atoms with E-state index in [-0.39, 0.29) is 18.1 Å². The van der Waals surface area contributed by atoms with Crippen molar-refractivity contribution in [2.24, 2.45) is 0 Å². The summed E-state index contributed by atoms with van der Waals surface area (Å²) in [5.41, 5.74) is 2.87. The maximum atomic E-state index is 13.2. The molecule has 0 fully saturated rings. The third-order valence-corrected chi connectivity index (χ3v) is 5.63. The van der Waals surface area contributed by atoms with Gasteiger partial charge in [-0.1, -0.05) is 30.3 Å². The first kappa shape index (κ1) is 28.7. The molecule has 8 nitrogen and oxygen atoms in total. The number of carbonyl (C=O) groups excluding carboxylic acids is 3. The number of hydrogen-bond acceptors (Lipinski definition) is 5. The number of carbonyl (C=O) groups is 3. The zero-order chi connectivity index (χ0) is 26.9. The van der Waals surface area contributed by atoms with E-state index < -0.39 is 29.7 Å². The van der Waals surface area contributed by atoms with E-state index in [2.05, 4.69) is 16.0 Å². The molecule has 2 aromatic rings. The molecule has 0 bridgehead atoms. The summed E-state index contributed by atoms with van der Waals surface area (Å²) < 4.78 is 5.34. The van der Waals surface area contributed by atoms with Crippen LogP contribution in [0.3, 0.4) is 0 Å². The number of aromatic hydroxyl groups is 1. The molecular weight excluding hydrogens is 458 g/mol. The summed E-state index contributed by atoms with van der Waals surface area (Å²) in [6.07, 6.45) is 1.07. The molecule has 2 atom stereocenters. The zero-order valence-corrected chi connectivity index (χ0v) is 22.1. The molecule has 0 spiro atoms. The Morgan fingerprint density at radius 3 is 2.17 bits per heavy atom. The standard InChI is InChI=1S/C28H39N3O5/c1-18-15-22(32)16-19(2)23(18)17-24(31-27(35)36-28(4,5)6)26(34)30-20(3)25(33)29-14-10-13-21-11-8-7-9-12-21/h7-9,11-12,15-16,20,24,32H,10,13-14,17H2,1-6H3,(H,29,33)(H,30,34)(H,31,35). The number of amides is 3. The lowest BCUT2D eigenvalue weighted by molar-refractivity contribution is -0.129. The molecule has 3 amide bonds. The summed E-state index contributed by atoms with van der Waals surface area (Å²) in [6, 6.07) is 11.5. The van der Waals surface area contributed by atoms with Crippen LogP contribution in [0.4, 0.5) is 4.79 Å². The fraction of sp³-hybridized carbons (Fsp3) is 0.464. The molecule has 196 valence electrons. The van der Waals surface area contributed by atoms with Gasteiger partial charge in [-0.05, 0) is 88.8 Å². The molecule has 8 heteroatoms. The highest BCUT2D eigenvalue weighted by atomic mass is 16.6. The number of aryl methyl sites for hydroxylation is 3. The van der Waals surface area contributed by atoms with Gasteiger partial charge in [-0.3, -0.25) is 9.59 Å². The van der Waals surface area contributed by atoms with Crippen LogP contribution in [0, 0.1) is 13.8 Å². The third kappa shape index (κ3) is 9.60.